The Morgan fingerprint density at radius 3 is 2.56 bits per heavy atom. The largest absolute Gasteiger partial charge is 0.381 e. The van der Waals surface area contributed by atoms with Crippen LogP contribution in [0.4, 0.5) is 0 Å². The van der Waals surface area contributed by atoms with Gasteiger partial charge in [-0.3, -0.25) is 4.79 Å². The maximum absolute atomic E-state index is 12.2. The highest BCUT2D eigenvalue weighted by atomic mass is 16.5. The quantitative estimate of drug-likeness (QED) is 0.828. The van der Waals surface area contributed by atoms with Gasteiger partial charge in [0, 0.05) is 38.8 Å². The highest BCUT2D eigenvalue weighted by molar-refractivity contribution is 5.77. The average molecular weight is 254 g/mol. The summed E-state index contributed by atoms with van der Waals surface area (Å²) in [7, 11) is 1.91. The molecule has 2 fully saturated rings. The third-order valence-electron chi connectivity index (χ3n) is 4.40. The van der Waals surface area contributed by atoms with Gasteiger partial charge in [-0.15, -0.1) is 0 Å². The van der Waals surface area contributed by atoms with Gasteiger partial charge in [0.25, 0.3) is 0 Å². The topological polar surface area (TPSA) is 55.6 Å². The molecule has 1 saturated heterocycles. The van der Waals surface area contributed by atoms with Crippen LogP contribution in [0.3, 0.4) is 0 Å². The van der Waals surface area contributed by atoms with Gasteiger partial charge < -0.3 is 15.4 Å². The summed E-state index contributed by atoms with van der Waals surface area (Å²) in [4.78, 5) is 14.1. The number of carbonyl (C=O) groups is 1. The van der Waals surface area contributed by atoms with E-state index in [-0.39, 0.29) is 11.4 Å². The van der Waals surface area contributed by atoms with Crippen LogP contribution in [0.1, 0.15) is 44.9 Å². The van der Waals surface area contributed by atoms with Crippen LogP contribution in [0, 0.1) is 5.92 Å². The Hall–Kier alpha value is -0.610. The SMILES string of the molecule is CN(CC1CCOCC1)C(=O)CC1(N)CCCC1. The number of carbonyl (C=O) groups excluding carboxylic acids is 1. The third-order valence-corrected chi connectivity index (χ3v) is 4.40. The minimum atomic E-state index is -0.221. The fraction of sp³-hybridized carbons (Fsp3) is 0.929. The van der Waals surface area contributed by atoms with Crippen molar-refractivity contribution in [2.75, 3.05) is 26.8 Å². The molecule has 1 aliphatic carbocycles. The van der Waals surface area contributed by atoms with Gasteiger partial charge in [0.05, 0.1) is 0 Å². The summed E-state index contributed by atoms with van der Waals surface area (Å²) in [5.74, 6) is 0.816. The van der Waals surface area contributed by atoms with E-state index in [4.69, 9.17) is 10.5 Å². The van der Waals surface area contributed by atoms with Gasteiger partial charge in [-0.2, -0.15) is 0 Å². The minimum Gasteiger partial charge on any atom is -0.381 e. The van der Waals surface area contributed by atoms with Gasteiger partial charge in [-0.05, 0) is 31.6 Å². The molecule has 0 aromatic rings. The molecule has 1 amide bonds. The second-order valence-electron chi connectivity index (χ2n) is 6.08. The summed E-state index contributed by atoms with van der Waals surface area (Å²) in [5, 5.41) is 0. The second kappa shape index (κ2) is 6.02. The Morgan fingerprint density at radius 2 is 1.94 bits per heavy atom. The highest BCUT2D eigenvalue weighted by Gasteiger charge is 2.33. The fourth-order valence-electron chi connectivity index (χ4n) is 3.11. The van der Waals surface area contributed by atoms with Crippen molar-refractivity contribution < 1.29 is 9.53 Å². The van der Waals surface area contributed by atoms with Gasteiger partial charge >= 0.3 is 0 Å². The van der Waals surface area contributed by atoms with Crippen LogP contribution in [0.5, 0.6) is 0 Å². The zero-order chi connectivity index (χ0) is 13.0. The molecule has 1 aliphatic heterocycles. The number of hydrogen-bond donors (Lipinski definition) is 1. The zero-order valence-electron chi connectivity index (χ0n) is 11.5. The molecule has 2 N–H and O–H groups in total. The monoisotopic (exact) mass is 254 g/mol. The van der Waals surface area contributed by atoms with Gasteiger partial charge in [-0.1, -0.05) is 12.8 Å². The Balaban J connectivity index is 1.77. The summed E-state index contributed by atoms with van der Waals surface area (Å²) in [6.45, 7) is 2.54. The smallest absolute Gasteiger partial charge is 0.224 e. The van der Waals surface area contributed by atoms with Crippen LogP contribution in [-0.4, -0.2) is 43.2 Å². The van der Waals surface area contributed by atoms with E-state index in [1.165, 1.54) is 12.8 Å². The summed E-state index contributed by atoms with van der Waals surface area (Å²) in [5.41, 5.74) is 6.04. The first-order chi connectivity index (χ1) is 8.59. The number of amides is 1. The fourth-order valence-corrected chi connectivity index (χ4v) is 3.11. The molecule has 0 unspecified atom stereocenters. The molecule has 4 heteroatoms. The van der Waals surface area contributed by atoms with Gasteiger partial charge in [0.15, 0.2) is 0 Å². The highest BCUT2D eigenvalue weighted by Crippen LogP contribution is 2.30. The van der Waals surface area contributed by atoms with Gasteiger partial charge in [0.2, 0.25) is 5.91 Å². The first kappa shape index (κ1) is 13.8. The Labute approximate surface area is 110 Å². The van der Waals surface area contributed by atoms with Crippen LogP contribution < -0.4 is 5.73 Å². The van der Waals surface area contributed by atoms with Crippen molar-refractivity contribution in [1.29, 1.82) is 0 Å². The van der Waals surface area contributed by atoms with Crippen molar-refractivity contribution in [3.63, 3.8) is 0 Å². The van der Waals surface area contributed by atoms with E-state index in [2.05, 4.69) is 0 Å². The standard InChI is InChI=1S/C14H26N2O2/c1-16(11-12-4-8-18-9-5-12)13(17)10-14(15)6-2-3-7-14/h12H,2-11,15H2,1H3. The summed E-state index contributed by atoms with van der Waals surface area (Å²) < 4.78 is 5.34. The van der Waals surface area contributed by atoms with Crippen molar-refractivity contribution >= 4 is 5.91 Å². The number of hydrogen-bond acceptors (Lipinski definition) is 3. The average Bonchev–Trinajstić information content (AvgIpc) is 2.77. The first-order valence-electron chi connectivity index (χ1n) is 7.20. The van der Waals surface area contributed by atoms with Crippen LogP contribution in [0.15, 0.2) is 0 Å². The summed E-state index contributed by atoms with van der Waals surface area (Å²) in [6.07, 6.45) is 7.03. The summed E-state index contributed by atoms with van der Waals surface area (Å²) >= 11 is 0. The number of rotatable bonds is 4. The van der Waals surface area contributed by atoms with E-state index in [9.17, 15) is 4.79 Å². The van der Waals surface area contributed by atoms with E-state index >= 15 is 0 Å². The molecule has 1 saturated carbocycles. The normalized spacial score (nSPS) is 24.1. The van der Waals surface area contributed by atoms with E-state index in [0.717, 1.165) is 45.4 Å². The first-order valence-corrected chi connectivity index (χ1v) is 7.20. The molecule has 0 radical (unpaired) electrons. The molecule has 0 spiro atoms. The maximum atomic E-state index is 12.2. The molecular formula is C14H26N2O2. The molecule has 104 valence electrons. The van der Waals surface area contributed by atoms with Crippen molar-refractivity contribution in [1.82, 2.24) is 4.90 Å². The van der Waals surface area contributed by atoms with Gasteiger partial charge in [-0.25, -0.2) is 0 Å². The molecule has 0 aromatic heterocycles. The van der Waals surface area contributed by atoms with E-state index in [1.54, 1.807) is 0 Å². The molecule has 0 bridgehead atoms. The van der Waals surface area contributed by atoms with Crippen molar-refractivity contribution in [3.05, 3.63) is 0 Å². The predicted molar refractivity (Wildman–Crippen MR) is 71.2 cm³/mol. The molecule has 2 rings (SSSR count). The van der Waals surface area contributed by atoms with Crippen molar-refractivity contribution in [2.45, 2.75) is 50.5 Å². The van der Waals surface area contributed by atoms with Gasteiger partial charge in [0.1, 0.15) is 0 Å². The molecule has 4 nitrogen and oxygen atoms in total. The molecule has 0 aromatic carbocycles. The second-order valence-corrected chi connectivity index (χ2v) is 6.08. The van der Waals surface area contributed by atoms with Crippen LogP contribution in [0.2, 0.25) is 0 Å². The minimum absolute atomic E-state index is 0.214. The molecular weight excluding hydrogens is 228 g/mol. The molecule has 1 heterocycles. The van der Waals surface area contributed by atoms with Crippen LogP contribution >= 0.6 is 0 Å². The summed E-state index contributed by atoms with van der Waals surface area (Å²) in [6, 6.07) is 0. The lowest BCUT2D eigenvalue weighted by Gasteiger charge is -2.30. The Bertz CT molecular complexity index is 282. The lowest BCUT2D eigenvalue weighted by molar-refractivity contribution is -0.132. The lowest BCUT2D eigenvalue weighted by Crippen LogP contribution is -2.44. The Kier molecular flexibility index (Phi) is 4.62. The van der Waals surface area contributed by atoms with E-state index < -0.39 is 0 Å². The number of ether oxygens (including phenoxy) is 1. The van der Waals surface area contributed by atoms with Crippen LogP contribution in [-0.2, 0) is 9.53 Å². The van der Waals surface area contributed by atoms with E-state index in [0.29, 0.717) is 12.3 Å². The van der Waals surface area contributed by atoms with E-state index in [1.807, 2.05) is 11.9 Å². The zero-order valence-corrected chi connectivity index (χ0v) is 11.5. The number of nitrogens with two attached hydrogens (primary N) is 1. The predicted octanol–water partition coefficient (Wildman–Crippen LogP) is 1.53. The van der Waals surface area contributed by atoms with Crippen molar-refractivity contribution in [2.24, 2.45) is 11.7 Å². The lowest BCUT2D eigenvalue weighted by atomic mass is 9.93. The number of nitrogens with zero attached hydrogens (tertiary/aromatic N) is 1. The molecule has 18 heavy (non-hydrogen) atoms. The van der Waals surface area contributed by atoms with Crippen LogP contribution in [0.25, 0.3) is 0 Å². The Morgan fingerprint density at radius 1 is 1.33 bits per heavy atom. The molecule has 0 atom stereocenters. The van der Waals surface area contributed by atoms with Crippen molar-refractivity contribution in [3.8, 4) is 0 Å². The molecule has 2 aliphatic rings. The maximum Gasteiger partial charge on any atom is 0.224 e. The third kappa shape index (κ3) is 3.69.